The molecule has 0 spiro atoms. The summed E-state index contributed by atoms with van der Waals surface area (Å²) < 4.78 is 13.0. The third kappa shape index (κ3) is 4.10. The summed E-state index contributed by atoms with van der Waals surface area (Å²) in [5.41, 5.74) is 0.435. The maximum Gasteiger partial charge on any atom is 0.341 e. The highest BCUT2D eigenvalue weighted by atomic mass is 79.9. The number of benzene rings is 1. The molecule has 1 heterocycles. The number of aryl methyl sites for hydroxylation is 1. The number of hydrogen-bond acceptors (Lipinski definition) is 4. The molecule has 0 saturated heterocycles. The molecule has 0 aliphatic carbocycles. The second-order valence-corrected chi connectivity index (χ2v) is 4.76. The van der Waals surface area contributed by atoms with Gasteiger partial charge in [-0.15, -0.1) is 0 Å². The van der Waals surface area contributed by atoms with Crippen molar-refractivity contribution in [2.24, 2.45) is 7.05 Å². The summed E-state index contributed by atoms with van der Waals surface area (Å²) in [6.45, 7) is 0.503. The topological polar surface area (TPSA) is 53.4 Å². The lowest BCUT2D eigenvalue weighted by Crippen LogP contribution is -2.12. The van der Waals surface area contributed by atoms with E-state index in [1.807, 2.05) is 24.3 Å². The van der Waals surface area contributed by atoms with Gasteiger partial charge in [0.15, 0.2) is 0 Å². The Labute approximate surface area is 119 Å². The number of rotatable bonds is 5. The predicted octanol–water partition coefficient (Wildman–Crippen LogP) is 2.42. The molecule has 2 rings (SSSR count). The standard InChI is InChI=1S/C13H13BrN2O3/c1-16-9-10(8-15-16)13(17)19-6-5-18-12-4-2-3-11(14)7-12/h2-4,7-9H,5-6H2,1H3. The van der Waals surface area contributed by atoms with E-state index in [-0.39, 0.29) is 6.61 Å². The van der Waals surface area contributed by atoms with E-state index in [2.05, 4.69) is 21.0 Å². The third-order valence-corrected chi connectivity index (χ3v) is 2.82. The highest BCUT2D eigenvalue weighted by Gasteiger charge is 2.08. The molecule has 0 radical (unpaired) electrons. The Bertz CT molecular complexity index is 569. The van der Waals surface area contributed by atoms with Gasteiger partial charge in [-0.2, -0.15) is 5.10 Å². The fourth-order valence-corrected chi connectivity index (χ4v) is 1.84. The van der Waals surface area contributed by atoms with Gasteiger partial charge < -0.3 is 9.47 Å². The van der Waals surface area contributed by atoms with Gasteiger partial charge in [-0.25, -0.2) is 4.79 Å². The zero-order chi connectivity index (χ0) is 13.7. The van der Waals surface area contributed by atoms with E-state index in [0.717, 1.165) is 10.2 Å². The Morgan fingerprint density at radius 1 is 1.42 bits per heavy atom. The van der Waals surface area contributed by atoms with Crippen molar-refractivity contribution in [1.29, 1.82) is 0 Å². The van der Waals surface area contributed by atoms with Gasteiger partial charge in [-0.05, 0) is 18.2 Å². The maximum atomic E-state index is 11.6. The lowest BCUT2D eigenvalue weighted by molar-refractivity contribution is 0.0450. The fraction of sp³-hybridized carbons (Fsp3) is 0.231. The summed E-state index contributed by atoms with van der Waals surface area (Å²) in [5, 5.41) is 3.90. The number of hydrogen-bond donors (Lipinski definition) is 0. The van der Waals surface area contributed by atoms with Crippen molar-refractivity contribution < 1.29 is 14.3 Å². The first kappa shape index (κ1) is 13.6. The smallest absolute Gasteiger partial charge is 0.341 e. The van der Waals surface area contributed by atoms with Crippen LogP contribution in [0.2, 0.25) is 0 Å². The molecule has 0 saturated carbocycles. The Balaban J connectivity index is 1.74. The molecule has 0 N–H and O–H groups in total. The molecule has 0 aliphatic heterocycles. The van der Waals surface area contributed by atoms with Crippen LogP contribution in [-0.4, -0.2) is 29.0 Å². The third-order valence-electron chi connectivity index (χ3n) is 2.32. The minimum atomic E-state index is -0.397. The van der Waals surface area contributed by atoms with Crippen LogP contribution in [0.15, 0.2) is 41.1 Å². The van der Waals surface area contributed by atoms with Crippen molar-refractivity contribution >= 4 is 21.9 Å². The number of aromatic nitrogens is 2. The van der Waals surface area contributed by atoms with Gasteiger partial charge in [0, 0.05) is 17.7 Å². The van der Waals surface area contributed by atoms with Crippen LogP contribution in [-0.2, 0) is 11.8 Å². The lowest BCUT2D eigenvalue weighted by atomic mass is 10.3. The normalized spacial score (nSPS) is 10.2. The van der Waals surface area contributed by atoms with Crippen LogP contribution in [0.3, 0.4) is 0 Å². The second-order valence-electron chi connectivity index (χ2n) is 3.84. The van der Waals surface area contributed by atoms with Crippen LogP contribution in [0.4, 0.5) is 0 Å². The zero-order valence-electron chi connectivity index (χ0n) is 10.4. The molecule has 1 aromatic heterocycles. The summed E-state index contributed by atoms with van der Waals surface area (Å²) in [6.07, 6.45) is 3.08. The van der Waals surface area contributed by atoms with Crippen LogP contribution in [0.25, 0.3) is 0 Å². The number of ether oxygens (including phenoxy) is 2. The van der Waals surface area contributed by atoms with E-state index in [4.69, 9.17) is 9.47 Å². The van der Waals surface area contributed by atoms with Crippen molar-refractivity contribution in [3.8, 4) is 5.75 Å². The van der Waals surface area contributed by atoms with Crippen molar-refractivity contribution in [2.45, 2.75) is 0 Å². The van der Waals surface area contributed by atoms with E-state index in [9.17, 15) is 4.79 Å². The molecule has 0 aliphatic rings. The summed E-state index contributed by atoms with van der Waals surface area (Å²) in [5.74, 6) is 0.331. The Morgan fingerprint density at radius 2 is 2.26 bits per heavy atom. The quantitative estimate of drug-likeness (QED) is 0.626. The van der Waals surface area contributed by atoms with Crippen LogP contribution in [0.1, 0.15) is 10.4 Å². The molecule has 5 nitrogen and oxygen atoms in total. The van der Waals surface area contributed by atoms with Gasteiger partial charge in [0.2, 0.25) is 0 Å². The second kappa shape index (κ2) is 6.38. The molecule has 0 unspecified atom stereocenters. The fourth-order valence-electron chi connectivity index (χ4n) is 1.46. The number of carbonyl (C=O) groups is 1. The van der Waals surface area contributed by atoms with E-state index in [0.29, 0.717) is 12.2 Å². The molecule has 19 heavy (non-hydrogen) atoms. The number of nitrogens with zero attached hydrogens (tertiary/aromatic N) is 2. The highest BCUT2D eigenvalue weighted by Crippen LogP contribution is 2.17. The monoisotopic (exact) mass is 324 g/mol. The van der Waals surface area contributed by atoms with E-state index >= 15 is 0 Å². The van der Waals surface area contributed by atoms with Crippen molar-refractivity contribution in [3.05, 3.63) is 46.7 Å². The average Bonchev–Trinajstić information content (AvgIpc) is 2.81. The largest absolute Gasteiger partial charge is 0.490 e. The molecule has 0 bridgehead atoms. The average molecular weight is 325 g/mol. The van der Waals surface area contributed by atoms with Gasteiger partial charge in [0.05, 0.1) is 11.8 Å². The number of esters is 1. The molecule has 100 valence electrons. The van der Waals surface area contributed by atoms with Gasteiger partial charge in [-0.1, -0.05) is 22.0 Å². The SMILES string of the molecule is Cn1cc(C(=O)OCCOc2cccc(Br)c2)cn1. The molecule has 2 aromatic rings. The first-order valence-electron chi connectivity index (χ1n) is 5.69. The van der Waals surface area contributed by atoms with Gasteiger partial charge in [0.25, 0.3) is 0 Å². The minimum absolute atomic E-state index is 0.195. The molecule has 6 heteroatoms. The Hall–Kier alpha value is -1.82. The van der Waals surface area contributed by atoms with E-state index in [1.165, 1.54) is 6.20 Å². The van der Waals surface area contributed by atoms with Crippen molar-refractivity contribution in [2.75, 3.05) is 13.2 Å². The number of carbonyl (C=O) groups excluding carboxylic acids is 1. The van der Waals surface area contributed by atoms with Crippen molar-refractivity contribution in [1.82, 2.24) is 9.78 Å². The lowest BCUT2D eigenvalue weighted by Gasteiger charge is -2.06. The molecule has 0 fully saturated rings. The van der Waals surface area contributed by atoms with Gasteiger partial charge in [0.1, 0.15) is 19.0 Å². The molecule has 0 atom stereocenters. The number of halogens is 1. The van der Waals surface area contributed by atoms with E-state index in [1.54, 1.807) is 17.9 Å². The first-order chi connectivity index (χ1) is 9.15. The van der Waals surface area contributed by atoms with Crippen LogP contribution in [0, 0.1) is 0 Å². The summed E-state index contributed by atoms with van der Waals surface area (Å²) >= 11 is 3.35. The van der Waals surface area contributed by atoms with Gasteiger partial charge >= 0.3 is 5.97 Å². The summed E-state index contributed by atoms with van der Waals surface area (Å²) in [4.78, 5) is 11.6. The predicted molar refractivity (Wildman–Crippen MR) is 73.1 cm³/mol. The first-order valence-corrected chi connectivity index (χ1v) is 6.48. The van der Waals surface area contributed by atoms with Crippen LogP contribution >= 0.6 is 15.9 Å². The van der Waals surface area contributed by atoms with Crippen LogP contribution in [0.5, 0.6) is 5.75 Å². The van der Waals surface area contributed by atoms with E-state index < -0.39 is 5.97 Å². The summed E-state index contributed by atoms with van der Waals surface area (Å²) in [7, 11) is 1.74. The highest BCUT2D eigenvalue weighted by molar-refractivity contribution is 9.10. The molecule has 0 amide bonds. The van der Waals surface area contributed by atoms with Crippen molar-refractivity contribution in [3.63, 3.8) is 0 Å². The minimum Gasteiger partial charge on any atom is -0.490 e. The van der Waals surface area contributed by atoms with Crippen LogP contribution < -0.4 is 4.74 Å². The molecular weight excluding hydrogens is 312 g/mol. The Kier molecular flexibility index (Phi) is 4.57. The summed E-state index contributed by atoms with van der Waals surface area (Å²) in [6, 6.07) is 7.48. The molecule has 1 aromatic carbocycles. The molecular formula is C13H13BrN2O3. The maximum absolute atomic E-state index is 11.6. The van der Waals surface area contributed by atoms with Gasteiger partial charge in [-0.3, -0.25) is 4.68 Å². The zero-order valence-corrected chi connectivity index (χ0v) is 12.0. The Morgan fingerprint density at radius 3 is 2.95 bits per heavy atom.